The molecule has 1 unspecified atom stereocenters. The van der Waals surface area contributed by atoms with Gasteiger partial charge in [0.2, 0.25) is 0 Å². The van der Waals surface area contributed by atoms with E-state index in [0.717, 1.165) is 12.5 Å². The minimum atomic E-state index is 0.869. The van der Waals surface area contributed by atoms with Crippen LogP contribution in [0.1, 0.15) is 37.3 Å². The molecule has 1 aliphatic rings. The number of rotatable bonds is 5. The maximum Gasteiger partial charge on any atom is 0.131 e. The summed E-state index contributed by atoms with van der Waals surface area (Å²) in [6, 6.07) is 2.26. The van der Waals surface area contributed by atoms with Gasteiger partial charge in [-0.3, -0.25) is 0 Å². The van der Waals surface area contributed by atoms with Crippen molar-refractivity contribution in [2.24, 2.45) is 5.92 Å². The molecule has 1 atom stereocenters. The van der Waals surface area contributed by atoms with E-state index in [0.29, 0.717) is 0 Å². The topological polar surface area (TPSA) is 28.2 Å². The third-order valence-corrected chi connectivity index (χ3v) is 3.77. The lowest BCUT2D eigenvalue weighted by atomic mass is 10.0. The molecule has 3 nitrogen and oxygen atoms in total. The van der Waals surface area contributed by atoms with Crippen molar-refractivity contribution in [1.82, 2.24) is 10.3 Å². The normalized spacial score (nSPS) is 19.5. The van der Waals surface area contributed by atoms with Crippen molar-refractivity contribution in [2.75, 3.05) is 25.0 Å². The molecule has 0 aliphatic carbocycles. The highest BCUT2D eigenvalue weighted by Gasteiger charge is 2.23. The SMILES string of the molecule is CCCC1CCN(c2ncc(CNC)cc2C)C1. The van der Waals surface area contributed by atoms with Gasteiger partial charge in [0.1, 0.15) is 5.82 Å². The highest BCUT2D eigenvalue weighted by atomic mass is 15.2. The minimum Gasteiger partial charge on any atom is -0.356 e. The molecular formula is C15H25N3. The lowest BCUT2D eigenvalue weighted by Crippen LogP contribution is -2.22. The summed E-state index contributed by atoms with van der Waals surface area (Å²) in [5.41, 5.74) is 2.57. The number of nitrogens with one attached hydrogen (secondary N) is 1. The van der Waals surface area contributed by atoms with Gasteiger partial charge in [0.05, 0.1) is 0 Å². The Bertz CT molecular complexity index is 389. The number of pyridine rings is 1. The zero-order valence-electron chi connectivity index (χ0n) is 11.9. The monoisotopic (exact) mass is 247 g/mol. The van der Waals surface area contributed by atoms with Gasteiger partial charge in [-0.2, -0.15) is 0 Å². The van der Waals surface area contributed by atoms with Crippen molar-refractivity contribution in [2.45, 2.75) is 39.7 Å². The summed E-state index contributed by atoms with van der Waals surface area (Å²) in [6.07, 6.45) is 5.98. The number of nitrogens with zero attached hydrogens (tertiary/aromatic N) is 2. The molecule has 2 heterocycles. The largest absolute Gasteiger partial charge is 0.356 e. The van der Waals surface area contributed by atoms with Gasteiger partial charge in [-0.05, 0) is 49.9 Å². The molecule has 0 radical (unpaired) electrons. The average molecular weight is 247 g/mol. The minimum absolute atomic E-state index is 0.869. The summed E-state index contributed by atoms with van der Waals surface area (Å²) < 4.78 is 0. The molecule has 2 rings (SSSR count). The van der Waals surface area contributed by atoms with Gasteiger partial charge in [0.15, 0.2) is 0 Å². The van der Waals surface area contributed by atoms with Crippen LogP contribution in [0.3, 0.4) is 0 Å². The van der Waals surface area contributed by atoms with E-state index >= 15 is 0 Å². The standard InChI is InChI=1S/C15H25N3/c1-4-5-13-6-7-18(11-13)15-12(2)8-14(9-16-3)10-17-15/h8,10,13,16H,4-7,9,11H2,1-3H3. The van der Waals surface area contributed by atoms with E-state index in [2.05, 4.69) is 35.1 Å². The Morgan fingerprint density at radius 2 is 2.33 bits per heavy atom. The first kappa shape index (κ1) is 13.3. The molecule has 0 amide bonds. The van der Waals surface area contributed by atoms with Crippen molar-refractivity contribution in [3.63, 3.8) is 0 Å². The van der Waals surface area contributed by atoms with Crippen molar-refractivity contribution in [3.8, 4) is 0 Å². The number of hydrogen-bond donors (Lipinski definition) is 1. The van der Waals surface area contributed by atoms with Crippen LogP contribution in [0.4, 0.5) is 5.82 Å². The molecule has 100 valence electrons. The van der Waals surface area contributed by atoms with Gasteiger partial charge >= 0.3 is 0 Å². The quantitative estimate of drug-likeness (QED) is 0.867. The summed E-state index contributed by atoms with van der Waals surface area (Å²) in [4.78, 5) is 7.12. The molecular weight excluding hydrogens is 222 g/mol. The highest BCUT2D eigenvalue weighted by Crippen LogP contribution is 2.27. The van der Waals surface area contributed by atoms with Gasteiger partial charge in [-0.1, -0.05) is 13.3 Å². The number of hydrogen-bond acceptors (Lipinski definition) is 3. The van der Waals surface area contributed by atoms with E-state index in [1.54, 1.807) is 0 Å². The molecule has 1 aromatic heterocycles. The summed E-state index contributed by atoms with van der Waals surface area (Å²) in [7, 11) is 1.97. The van der Waals surface area contributed by atoms with Gasteiger partial charge in [0, 0.05) is 25.8 Å². The Labute approximate surface area is 111 Å². The number of aryl methyl sites for hydroxylation is 1. The summed E-state index contributed by atoms with van der Waals surface area (Å²) in [5, 5.41) is 3.17. The van der Waals surface area contributed by atoms with E-state index in [4.69, 9.17) is 0 Å². The molecule has 0 aromatic carbocycles. The first-order valence-electron chi connectivity index (χ1n) is 7.09. The first-order valence-corrected chi connectivity index (χ1v) is 7.09. The molecule has 0 bridgehead atoms. The van der Waals surface area contributed by atoms with Crippen molar-refractivity contribution < 1.29 is 0 Å². The van der Waals surface area contributed by atoms with Crippen LogP contribution < -0.4 is 10.2 Å². The molecule has 1 N–H and O–H groups in total. The second-order valence-corrected chi connectivity index (χ2v) is 5.40. The van der Waals surface area contributed by atoms with Gasteiger partial charge in [-0.25, -0.2) is 4.98 Å². The molecule has 1 aliphatic heterocycles. The summed E-state index contributed by atoms with van der Waals surface area (Å²) in [5.74, 6) is 2.06. The predicted molar refractivity (Wildman–Crippen MR) is 77.0 cm³/mol. The number of aromatic nitrogens is 1. The van der Waals surface area contributed by atoms with Crippen molar-refractivity contribution >= 4 is 5.82 Å². The Kier molecular flexibility index (Phi) is 4.59. The fourth-order valence-electron chi connectivity index (χ4n) is 2.93. The molecule has 1 saturated heterocycles. The van der Waals surface area contributed by atoms with Crippen LogP contribution in [-0.4, -0.2) is 25.1 Å². The lowest BCUT2D eigenvalue weighted by Gasteiger charge is -2.20. The summed E-state index contributed by atoms with van der Waals surface area (Å²) in [6.45, 7) is 7.71. The van der Waals surface area contributed by atoms with Crippen molar-refractivity contribution in [1.29, 1.82) is 0 Å². The first-order chi connectivity index (χ1) is 8.74. The Balaban J connectivity index is 2.05. The molecule has 18 heavy (non-hydrogen) atoms. The fourth-order valence-corrected chi connectivity index (χ4v) is 2.93. The van der Waals surface area contributed by atoms with Crippen LogP contribution in [0.5, 0.6) is 0 Å². The predicted octanol–water partition coefficient (Wildman–Crippen LogP) is 2.74. The summed E-state index contributed by atoms with van der Waals surface area (Å²) >= 11 is 0. The zero-order chi connectivity index (χ0) is 13.0. The van der Waals surface area contributed by atoms with E-state index in [-0.39, 0.29) is 0 Å². The van der Waals surface area contributed by atoms with Crippen LogP contribution in [0.25, 0.3) is 0 Å². The molecule has 3 heteroatoms. The van der Waals surface area contributed by atoms with Crippen LogP contribution in [0, 0.1) is 12.8 Å². The average Bonchev–Trinajstić information content (AvgIpc) is 2.78. The van der Waals surface area contributed by atoms with Crippen LogP contribution in [0.15, 0.2) is 12.3 Å². The Morgan fingerprint density at radius 1 is 1.50 bits per heavy atom. The molecule has 1 fully saturated rings. The number of anilines is 1. The van der Waals surface area contributed by atoms with Gasteiger partial charge in [-0.15, -0.1) is 0 Å². The second-order valence-electron chi connectivity index (χ2n) is 5.40. The van der Waals surface area contributed by atoms with E-state index in [1.807, 2.05) is 13.2 Å². The van der Waals surface area contributed by atoms with E-state index in [9.17, 15) is 0 Å². The van der Waals surface area contributed by atoms with E-state index < -0.39 is 0 Å². The maximum absolute atomic E-state index is 4.66. The molecule has 0 spiro atoms. The van der Waals surface area contributed by atoms with Gasteiger partial charge in [0.25, 0.3) is 0 Å². The molecule has 1 aromatic rings. The van der Waals surface area contributed by atoms with Crippen LogP contribution >= 0.6 is 0 Å². The highest BCUT2D eigenvalue weighted by molar-refractivity contribution is 5.48. The lowest BCUT2D eigenvalue weighted by molar-refractivity contribution is 0.529. The Hall–Kier alpha value is -1.09. The maximum atomic E-state index is 4.66. The van der Waals surface area contributed by atoms with Crippen LogP contribution in [-0.2, 0) is 6.54 Å². The van der Waals surface area contributed by atoms with Crippen molar-refractivity contribution in [3.05, 3.63) is 23.4 Å². The van der Waals surface area contributed by atoms with Crippen LogP contribution in [0.2, 0.25) is 0 Å². The molecule has 0 saturated carbocycles. The zero-order valence-corrected chi connectivity index (χ0v) is 11.9. The fraction of sp³-hybridized carbons (Fsp3) is 0.667. The third-order valence-electron chi connectivity index (χ3n) is 3.77. The van der Waals surface area contributed by atoms with E-state index in [1.165, 1.54) is 49.3 Å². The second kappa shape index (κ2) is 6.19. The van der Waals surface area contributed by atoms with Gasteiger partial charge < -0.3 is 10.2 Å². The smallest absolute Gasteiger partial charge is 0.131 e. The third kappa shape index (κ3) is 3.02. The Morgan fingerprint density at radius 3 is 3.00 bits per heavy atom.